The molecule has 34 heavy (non-hydrogen) atoms. The number of benzene rings is 3. The summed E-state index contributed by atoms with van der Waals surface area (Å²) in [5.41, 5.74) is 3.35. The quantitative estimate of drug-likeness (QED) is 0.444. The third-order valence-corrected chi connectivity index (χ3v) is 6.63. The Bertz CT molecular complexity index is 1250. The minimum absolute atomic E-state index is 0.0133. The number of rotatable bonds is 4. The largest absolute Gasteiger partial charge is 0.370 e. The van der Waals surface area contributed by atoms with Crippen LogP contribution in [0.2, 0.25) is 0 Å². The lowest BCUT2D eigenvalue weighted by Crippen LogP contribution is -2.41. The number of hydrogen-bond donors (Lipinski definition) is 0. The van der Waals surface area contributed by atoms with Gasteiger partial charge in [0.15, 0.2) is 0 Å². The lowest BCUT2D eigenvalue weighted by Gasteiger charge is -2.36. The van der Waals surface area contributed by atoms with Crippen LogP contribution in [0, 0.1) is 0 Å². The molecule has 2 saturated heterocycles. The molecule has 0 bridgehead atoms. The minimum atomic E-state index is 0.0133. The van der Waals surface area contributed by atoms with Gasteiger partial charge >= 0.3 is 0 Å². The van der Waals surface area contributed by atoms with Gasteiger partial charge in [0.25, 0.3) is 0 Å². The van der Waals surface area contributed by atoms with E-state index in [2.05, 4.69) is 76.5 Å². The van der Waals surface area contributed by atoms with Crippen molar-refractivity contribution in [2.45, 2.75) is 12.2 Å². The van der Waals surface area contributed by atoms with Crippen LogP contribution in [0.1, 0.15) is 23.3 Å². The zero-order chi connectivity index (χ0) is 22.7. The molecule has 0 unspecified atom stereocenters. The van der Waals surface area contributed by atoms with Crippen LogP contribution in [0.5, 0.6) is 0 Å². The first kappa shape index (κ1) is 21.1. The van der Waals surface area contributed by atoms with Gasteiger partial charge in [0.1, 0.15) is 18.0 Å². The highest BCUT2D eigenvalue weighted by atomic mass is 16.5. The second-order valence-corrected chi connectivity index (χ2v) is 8.80. The second kappa shape index (κ2) is 9.41. The van der Waals surface area contributed by atoms with Gasteiger partial charge in [0.05, 0.1) is 25.3 Å². The molecular formula is C28H28N4O2. The van der Waals surface area contributed by atoms with E-state index >= 15 is 0 Å². The van der Waals surface area contributed by atoms with Gasteiger partial charge < -0.3 is 19.3 Å². The predicted octanol–water partition coefficient (Wildman–Crippen LogP) is 4.79. The van der Waals surface area contributed by atoms with Gasteiger partial charge in [-0.2, -0.15) is 4.98 Å². The van der Waals surface area contributed by atoms with E-state index in [0.29, 0.717) is 13.2 Å². The number of ether oxygens (including phenoxy) is 2. The summed E-state index contributed by atoms with van der Waals surface area (Å²) >= 11 is 0. The molecule has 0 amide bonds. The van der Waals surface area contributed by atoms with Crippen LogP contribution in [0.25, 0.3) is 10.9 Å². The monoisotopic (exact) mass is 452 g/mol. The normalized spacial score (nSPS) is 21.1. The highest BCUT2D eigenvalue weighted by molar-refractivity contribution is 5.90. The maximum Gasteiger partial charge on any atom is 0.228 e. The molecule has 2 fully saturated rings. The predicted molar refractivity (Wildman–Crippen MR) is 134 cm³/mol. The Hall–Kier alpha value is -3.48. The molecule has 3 heterocycles. The Morgan fingerprint density at radius 1 is 0.618 bits per heavy atom. The molecule has 4 aromatic rings. The molecule has 1 aromatic heterocycles. The summed E-state index contributed by atoms with van der Waals surface area (Å²) in [5.74, 6) is 1.74. The number of fused-ring (bicyclic) bond motifs is 1. The standard InChI is InChI=1S/C28H28N4O2/c1-3-9-21(10-4-1)25-19-31(15-17-33-25)27-23-13-7-8-14-24(23)29-28(30-27)32-16-18-34-26(20-32)22-11-5-2-6-12-22/h1-14,25-26H,15-20H2/t25-,26+/m1/s1. The second-order valence-electron chi connectivity index (χ2n) is 8.80. The molecule has 6 rings (SSSR count). The average molecular weight is 453 g/mol. The van der Waals surface area contributed by atoms with Crippen molar-refractivity contribution in [1.82, 2.24) is 9.97 Å². The Morgan fingerprint density at radius 3 is 1.85 bits per heavy atom. The molecular weight excluding hydrogens is 424 g/mol. The highest BCUT2D eigenvalue weighted by Crippen LogP contribution is 2.32. The molecule has 172 valence electrons. The van der Waals surface area contributed by atoms with E-state index in [1.165, 1.54) is 11.1 Å². The van der Waals surface area contributed by atoms with Crippen LogP contribution in [0.4, 0.5) is 11.8 Å². The summed E-state index contributed by atoms with van der Waals surface area (Å²) in [6.45, 7) is 4.40. The SMILES string of the molecule is c1ccc([C@@H]2CN(c3nc(N4CCO[C@@H](c5ccccc5)C4)c4ccccc4n3)CCO2)cc1. The van der Waals surface area contributed by atoms with Gasteiger partial charge in [-0.05, 0) is 23.3 Å². The fourth-order valence-corrected chi connectivity index (χ4v) is 4.84. The first-order chi connectivity index (χ1) is 16.8. The Kier molecular flexibility index (Phi) is 5.83. The summed E-state index contributed by atoms with van der Waals surface area (Å²) in [6.07, 6.45) is 0.0392. The molecule has 2 aliphatic rings. The van der Waals surface area contributed by atoms with Gasteiger partial charge in [0.2, 0.25) is 5.95 Å². The molecule has 6 heteroatoms. The minimum Gasteiger partial charge on any atom is -0.370 e. The highest BCUT2D eigenvalue weighted by Gasteiger charge is 2.28. The molecule has 2 atom stereocenters. The maximum atomic E-state index is 6.13. The van der Waals surface area contributed by atoms with Crippen molar-refractivity contribution < 1.29 is 9.47 Å². The first-order valence-electron chi connectivity index (χ1n) is 11.9. The fraction of sp³-hybridized carbons (Fsp3) is 0.286. The summed E-state index contributed by atoms with van der Waals surface area (Å²) in [6, 6.07) is 29.1. The lowest BCUT2D eigenvalue weighted by atomic mass is 10.1. The van der Waals surface area contributed by atoms with E-state index in [1.54, 1.807) is 0 Å². The molecule has 0 saturated carbocycles. The van der Waals surface area contributed by atoms with Gasteiger partial charge in [0, 0.05) is 25.0 Å². The first-order valence-corrected chi connectivity index (χ1v) is 11.9. The van der Waals surface area contributed by atoms with Gasteiger partial charge in [-0.25, -0.2) is 4.98 Å². The van der Waals surface area contributed by atoms with Crippen LogP contribution in [-0.2, 0) is 9.47 Å². The summed E-state index contributed by atoms with van der Waals surface area (Å²) < 4.78 is 12.2. The smallest absolute Gasteiger partial charge is 0.228 e. The van der Waals surface area contributed by atoms with Crippen LogP contribution in [-0.4, -0.2) is 49.4 Å². The zero-order valence-electron chi connectivity index (χ0n) is 19.1. The summed E-state index contributed by atoms with van der Waals surface area (Å²) in [7, 11) is 0. The molecule has 2 aliphatic heterocycles. The maximum absolute atomic E-state index is 6.13. The zero-order valence-corrected chi connectivity index (χ0v) is 19.1. The fourth-order valence-electron chi connectivity index (χ4n) is 4.84. The number of morpholine rings is 2. The van der Waals surface area contributed by atoms with E-state index in [1.807, 2.05) is 18.2 Å². The van der Waals surface area contributed by atoms with Crippen molar-refractivity contribution in [2.75, 3.05) is 49.2 Å². The summed E-state index contributed by atoms with van der Waals surface area (Å²) in [5, 5.41) is 1.08. The van der Waals surface area contributed by atoms with Crippen molar-refractivity contribution in [3.05, 3.63) is 96.1 Å². The van der Waals surface area contributed by atoms with E-state index in [4.69, 9.17) is 19.4 Å². The van der Waals surface area contributed by atoms with Gasteiger partial charge in [-0.3, -0.25) is 0 Å². The number of nitrogens with zero attached hydrogens (tertiary/aromatic N) is 4. The third kappa shape index (κ3) is 4.22. The Morgan fingerprint density at radius 2 is 1.18 bits per heavy atom. The van der Waals surface area contributed by atoms with Crippen LogP contribution < -0.4 is 9.80 Å². The topological polar surface area (TPSA) is 50.7 Å². The molecule has 0 aliphatic carbocycles. The van der Waals surface area contributed by atoms with Crippen LogP contribution in [0.15, 0.2) is 84.9 Å². The van der Waals surface area contributed by atoms with E-state index in [9.17, 15) is 0 Å². The molecule has 0 radical (unpaired) electrons. The lowest BCUT2D eigenvalue weighted by molar-refractivity contribution is 0.0388. The third-order valence-electron chi connectivity index (χ3n) is 6.63. The molecule has 0 N–H and O–H groups in total. The number of hydrogen-bond acceptors (Lipinski definition) is 6. The van der Waals surface area contributed by atoms with E-state index < -0.39 is 0 Å². The number of anilines is 2. The average Bonchev–Trinajstić information content (AvgIpc) is 2.93. The van der Waals surface area contributed by atoms with Gasteiger partial charge in [-0.15, -0.1) is 0 Å². The van der Waals surface area contributed by atoms with Gasteiger partial charge in [-0.1, -0.05) is 72.8 Å². The Balaban J connectivity index is 1.33. The van der Waals surface area contributed by atoms with Crippen molar-refractivity contribution in [3.63, 3.8) is 0 Å². The Labute approximate surface area is 199 Å². The number of aromatic nitrogens is 2. The van der Waals surface area contributed by atoms with Crippen molar-refractivity contribution in [1.29, 1.82) is 0 Å². The summed E-state index contributed by atoms with van der Waals surface area (Å²) in [4.78, 5) is 14.7. The van der Waals surface area contributed by atoms with Crippen LogP contribution >= 0.6 is 0 Å². The van der Waals surface area contributed by atoms with E-state index in [0.717, 1.165) is 48.8 Å². The van der Waals surface area contributed by atoms with E-state index in [-0.39, 0.29) is 12.2 Å². The molecule has 3 aromatic carbocycles. The van der Waals surface area contributed by atoms with Crippen molar-refractivity contribution in [2.24, 2.45) is 0 Å². The number of para-hydroxylation sites is 1. The molecule has 6 nitrogen and oxygen atoms in total. The van der Waals surface area contributed by atoms with Crippen molar-refractivity contribution in [3.8, 4) is 0 Å². The molecule has 0 spiro atoms. The van der Waals surface area contributed by atoms with Crippen molar-refractivity contribution >= 4 is 22.7 Å². The van der Waals surface area contributed by atoms with Crippen LogP contribution in [0.3, 0.4) is 0 Å².